The number of hydrogen-bond donors (Lipinski definition) is 2. The summed E-state index contributed by atoms with van der Waals surface area (Å²) in [6.07, 6.45) is 0. The summed E-state index contributed by atoms with van der Waals surface area (Å²) >= 11 is 7.18. The predicted molar refractivity (Wildman–Crippen MR) is 116 cm³/mol. The van der Waals surface area contributed by atoms with Gasteiger partial charge in [0, 0.05) is 14.5 Å². The fourth-order valence-corrected chi connectivity index (χ4v) is 4.34. The van der Waals surface area contributed by atoms with Crippen LogP contribution in [0.2, 0.25) is 0 Å². The summed E-state index contributed by atoms with van der Waals surface area (Å²) in [4.78, 5) is 11.7. The molecular weight excluding hydrogens is 472 g/mol. The second-order valence-corrected chi connectivity index (χ2v) is 9.23. The lowest BCUT2D eigenvalue weighted by Crippen LogP contribution is -2.16. The molecule has 0 spiro atoms. The standard InChI is InChI=1S/C22H20Br2O3/c1-22(2,3)17-7-6-14(21(26)27)16(11-25)20(17)12-4-5-13-15(10-12)19(24)9-8-18(13)23/h4-10,25H,11H2,1-3H3,(H,26,27). The fraction of sp³-hybridized carbons (Fsp3) is 0.227. The Labute approximate surface area is 175 Å². The minimum atomic E-state index is -1.04. The van der Waals surface area contributed by atoms with Crippen LogP contribution >= 0.6 is 31.9 Å². The maximum Gasteiger partial charge on any atom is 0.336 e. The van der Waals surface area contributed by atoms with E-state index in [1.807, 2.05) is 36.4 Å². The monoisotopic (exact) mass is 490 g/mol. The van der Waals surface area contributed by atoms with Gasteiger partial charge in [0.25, 0.3) is 0 Å². The van der Waals surface area contributed by atoms with Crippen molar-refractivity contribution in [1.82, 2.24) is 0 Å². The van der Waals surface area contributed by atoms with Gasteiger partial charge in [0.05, 0.1) is 12.2 Å². The maximum absolute atomic E-state index is 11.7. The van der Waals surface area contributed by atoms with Gasteiger partial charge in [-0.2, -0.15) is 0 Å². The molecule has 0 amide bonds. The molecule has 0 radical (unpaired) electrons. The number of carboxylic acids is 1. The van der Waals surface area contributed by atoms with Crippen molar-refractivity contribution in [2.45, 2.75) is 32.8 Å². The molecule has 3 aromatic rings. The van der Waals surface area contributed by atoms with E-state index in [4.69, 9.17) is 0 Å². The van der Waals surface area contributed by atoms with Gasteiger partial charge in [-0.05, 0) is 57.1 Å². The molecule has 0 aliphatic rings. The predicted octanol–water partition coefficient (Wildman–Crippen LogP) is 6.52. The van der Waals surface area contributed by atoms with Gasteiger partial charge >= 0.3 is 5.97 Å². The Balaban J connectivity index is 2.42. The number of carboxylic acid groups (broad SMARTS) is 1. The molecule has 5 heteroatoms. The summed E-state index contributed by atoms with van der Waals surface area (Å²) in [6, 6.07) is 13.4. The Morgan fingerprint density at radius 2 is 1.59 bits per heavy atom. The number of benzene rings is 3. The van der Waals surface area contributed by atoms with Crippen molar-refractivity contribution < 1.29 is 15.0 Å². The SMILES string of the molecule is CC(C)(C)c1ccc(C(=O)O)c(CO)c1-c1ccc2c(Br)ccc(Br)c2c1. The molecule has 3 aromatic carbocycles. The molecule has 3 nitrogen and oxygen atoms in total. The molecule has 0 unspecified atom stereocenters. The average molecular weight is 492 g/mol. The molecule has 27 heavy (non-hydrogen) atoms. The van der Waals surface area contributed by atoms with Crippen LogP contribution in [-0.2, 0) is 12.0 Å². The number of aromatic carboxylic acids is 1. The van der Waals surface area contributed by atoms with E-state index < -0.39 is 5.97 Å². The second-order valence-electron chi connectivity index (χ2n) is 7.52. The van der Waals surface area contributed by atoms with E-state index in [1.165, 1.54) is 0 Å². The van der Waals surface area contributed by atoms with Crippen LogP contribution in [0.5, 0.6) is 0 Å². The zero-order valence-corrected chi connectivity index (χ0v) is 18.5. The van der Waals surface area contributed by atoms with E-state index in [9.17, 15) is 15.0 Å². The largest absolute Gasteiger partial charge is 0.478 e. The third-order valence-corrected chi connectivity index (χ3v) is 6.09. The Bertz CT molecular complexity index is 1050. The number of aliphatic hydroxyl groups excluding tert-OH is 1. The van der Waals surface area contributed by atoms with Crippen LogP contribution in [0.25, 0.3) is 21.9 Å². The van der Waals surface area contributed by atoms with Crippen LogP contribution < -0.4 is 0 Å². The summed E-state index contributed by atoms with van der Waals surface area (Å²) in [7, 11) is 0. The maximum atomic E-state index is 11.7. The van der Waals surface area contributed by atoms with Crippen LogP contribution in [-0.4, -0.2) is 16.2 Å². The number of rotatable bonds is 3. The number of aliphatic hydroxyl groups is 1. The molecular formula is C22H20Br2O3. The van der Waals surface area contributed by atoms with Gasteiger partial charge in [0.1, 0.15) is 0 Å². The first-order valence-electron chi connectivity index (χ1n) is 8.53. The highest BCUT2D eigenvalue weighted by molar-refractivity contribution is 9.11. The lowest BCUT2D eigenvalue weighted by molar-refractivity contribution is 0.0693. The third kappa shape index (κ3) is 3.68. The summed E-state index contributed by atoms with van der Waals surface area (Å²) in [6.45, 7) is 5.92. The highest BCUT2D eigenvalue weighted by Crippen LogP contribution is 2.40. The molecule has 0 aliphatic carbocycles. The lowest BCUT2D eigenvalue weighted by atomic mass is 9.78. The Morgan fingerprint density at radius 1 is 0.963 bits per heavy atom. The van der Waals surface area contributed by atoms with Crippen LogP contribution in [0.1, 0.15) is 42.3 Å². The first-order valence-corrected chi connectivity index (χ1v) is 10.1. The van der Waals surface area contributed by atoms with Crippen LogP contribution in [0.4, 0.5) is 0 Å². The number of hydrogen-bond acceptors (Lipinski definition) is 2. The van der Waals surface area contributed by atoms with Crippen LogP contribution in [0, 0.1) is 0 Å². The van der Waals surface area contributed by atoms with Crippen molar-refractivity contribution in [1.29, 1.82) is 0 Å². The lowest BCUT2D eigenvalue weighted by Gasteiger charge is -2.26. The minimum Gasteiger partial charge on any atom is -0.478 e. The summed E-state index contributed by atoms with van der Waals surface area (Å²) < 4.78 is 1.95. The van der Waals surface area contributed by atoms with Crippen molar-refractivity contribution in [2.24, 2.45) is 0 Å². The molecule has 140 valence electrons. The molecule has 0 bridgehead atoms. The highest BCUT2D eigenvalue weighted by Gasteiger charge is 2.25. The van der Waals surface area contributed by atoms with E-state index in [-0.39, 0.29) is 17.6 Å². The topological polar surface area (TPSA) is 57.5 Å². The molecule has 2 N–H and O–H groups in total. The first-order chi connectivity index (χ1) is 12.6. The quantitative estimate of drug-likeness (QED) is 0.438. The average Bonchev–Trinajstić information content (AvgIpc) is 2.62. The van der Waals surface area contributed by atoms with E-state index in [0.29, 0.717) is 5.56 Å². The van der Waals surface area contributed by atoms with Crippen molar-refractivity contribution in [2.75, 3.05) is 0 Å². The first kappa shape index (κ1) is 20.1. The number of halogens is 2. The molecule has 0 saturated carbocycles. The normalized spacial score (nSPS) is 11.8. The molecule has 3 rings (SSSR count). The summed E-state index contributed by atoms with van der Waals surface area (Å²) in [5, 5.41) is 21.7. The Morgan fingerprint density at radius 3 is 2.15 bits per heavy atom. The second kappa shape index (κ2) is 7.38. The van der Waals surface area contributed by atoms with Gasteiger partial charge < -0.3 is 10.2 Å². The van der Waals surface area contributed by atoms with Crippen molar-refractivity contribution in [3.63, 3.8) is 0 Å². The summed E-state index contributed by atoms with van der Waals surface area (Å²) in [5.74, 6) is -1.04. The van der Waals surface area contributed by atoms with E-state index >= 15 is 0 Å². The van der Waals surface area contributed by atoms with Gasteiger partial charge in [-0.3, -0.25) is 0 Å². The van der Waals surface area contributed by atoms with Crippen molar-refractivity contribution >= 4 is 48.6 Å². The zero-order chi connectivity index (χ0) is 19.9. The van der Waals surface area contributed by atoms with E-state index in [2.05, 4.69) is 52.6 Å². The summed E-state index contributed by atoms with van der Waals surface area (Å²) in [5.41, 5.74) is 3.05. The molecule has 0 heterocycles. The smallest absolute Gasteiger partial charge is 0.336 e. The molecule has 0 saturated heterocycles. The Hall–Kier alpha value is -1.69. The zero-order valence-electron chi connectivity index (χ0n) is 15.3. The minimum absolute atomic E-state index is 0.133. The fourth-order valence-electron chi connectivity index (χ4n) is 3.40. The van der Waals surface area contributed by atoms with Crippen LogP contribution in [0.3, 0.4) is 0 Å². The van der Waals surface area contributed by atoms with Gasteiger partial charge in [-0.15, -0.1) is 0 Å². The van der Waals surface area contributed by atoms with Crippen molar-refractivity contribution in [3.05, 3.63) is 68.1 Å². The van der Waals surface area contributed by atoms with E-state index in [0.717, 1.165) is 36.4 Å². The highest BCUT2D eigenvalue weighted by atomic mass is 79.9. The van der Waals surface area contributed by atoms with E-state index in [1.54, 1.807) is 6.07 Å². The molecule has 0 fully saturated rings. The van der Waals surface area contributed by atoms with Crippen LogP contribution in [0.15, 0.2) is 51.4 Å². The third-order valence-electron chi connectivity index (χ3n) is 4.71. The molecule has 0 aliphatic heterocycles. The van der Waals surface area contributed by atoms with Crippen molar-refractivity contribution in [3.8, 4) is 11.1 Å². The molecule has 0 aromatic heterocycles. The Kier molecular flexibility index (Phi) is 5.48. The number of carbonyl (C=O) groups is 1. The molecule has 0 atom stereocenters. The van der Waals surface area contributed by atoms with Gasteiger partial charge in [0.15, 0.2) is 0 Å². The van der Waals surface area contributed by atoms with Gasteiger partial charge in [-0.1, -0.05) is 70.8 Å². The van der Waals surface area contributed by atoms with Gasteiger partial charge in [-0.25, -0.2) is 4.79 Å². The van der Waals surface area contributed by atoms with Gasteiger partial charge in [0.2, 0.25) is 0 Å². The number of fused-ring (bicyclic) bond motifs is 1.